The number of aromatic nitrogens is 4. The third-order valence-electron chi connectivity index (χ3n) is 3.38. The Balaban J connectivity index is 1.62. The van der Waals surface area contributed by atoms with Gasteiger partial charge < -0.3 is 5.73 Å². The van der Waals surface area contributed by atoms with Crippen LogP contribution in [0, 0.1) is 0 Å². The van der Waals surface area contributed by atoms with Gasteiger partial charge in [-0.05, 0) is 36.6 Å². The second-order valence-electron chi connectivity index (χ2n) is 4.91. The number of hydrogen-bond acceptors (Lipinski definition) is 9. The molecule has 0 unspecified atom stereocenters. The molecule has 0 saturated carbocycles. The van der Waals surface area contributed by atoms with Gasteiger partial charge in [-0.25, -0.2) is 9.97 Å². The number of primary amides is 1. The zero-order chi connectivity index (χ0) is 15.8. The fraction of sp³-hybridized carbons (Fsp3) is 0.308. The second-order valence-corrected chi connectivity index (χ2v) is 9.43. The first-order valence-corrected chi connectivity index (χ1v) is 10.3. The molecule has 0 aliphatic heterocycles. The number of thioether (sulfide) groups is 1. The number of nitrogens with zero attached hydrogens (tertiary/aromatic N) is 4. The first-order valence-electron chi connectivity index (χ1n) is 6.88. The maximum atomic E-state index is 10.8. The maximum absolute atomic E-state index is 10.8. The van der Waals surface area contributed by atoms with Crippen molar-refractivity contribution in [3.63, 3.8) is 0 Å². The lowest BCUT2D eigenvalue weighted by Crippen LogP contribution is -2.12. The average molecular weight is 382 g/mol. The molecule has 10 heteroatoms. The van der Waals surface area contributed by atoms with Crippen LogP contribution in [-0.4, -0.2) is 31.8 Å². The molecule has 3 aromatic heterocycles. The molecule has 0 spiro atoms. The van der Waals surface area contributed by atoms with E-state index in [1.165, 1.54) is 57.1 Å². The lowest BCUT2D eigenvalue weighted by Gasteiger charge is -2.00. The summed E-state index contributed by atoms with van der Waals surface area (Å²) in [6.45, 7) is 0. The highest BCUT2D eigenvalue weighted by Crippen LogP contribution is 2.42. The molecule has 0 fully saturated rings. The van der Waals surface area contributed by atoms with Crippen LogP contribution >= 0.6 is 46.2 Å². The van der Waals surface area contributed by atoms with E-state index in [9.17, 15) is 4.79 Å². The Bertz CT molecular complexity index is 890. The number of aryl methyl sites for hydroxylation is 2. The normalized spacial score (nSPS) is 13.6. The molecular weight excluding hydrogens is 370 g/mol. The van der Waals surface area contributed by atoms with E-state index in [0.29, 0.717) is 0 Å². The lowest BCUT2D eigenvalue weighted by molar-refractivity contribution is -0.115. The summed E-state index contributed by atoms with van der Waals surface area (Å²) in [6, 6.07) is 0. The summed E-state index contributed by atoms with van der Waals surface area (Å²) in [5.41, 5.74) is 6.55. The minimum Gasteiger partial charge on any atom is -0.369 e. The molecule has 0 saturated heterocycles. The molecule has 1 aliphatic carbocycles. The largest absolute Gasteiger partial charge is 0.369 e. The van der Waals surface area contributed by atoms with E-state index in [4.69, 9.17) is 5.73 Å². The minimum absolute atomic E-state index is 0.217. The Hall–Kier alpha value is -1.23. The topological polar surface area (TPSA) is 94.7 Å². The van der Waals surface area contributed by atoms with Gasteiger partial charge in [-0.2, -0.15) is 0 Å². The van der Waals surface area contributed by atoms with Gasteiger partial charge in [-0.3, -0.25) is 4.79 Å². The highest BCUT2D eigenvalue weighted by Gasteiger charge is 2.22. The van der Waals surface area contributed by atoms with Crippen molar-refractivity contribution in [3.05, 3.63) is 16.8 Å². The summed E-state index contributed by atoms with van der Waals surface area (Å²) in [4.78, 5) is 22.2. The van der Waals surface area contributed by atoms with Gasteiger partial charge in [0.05, 0.1) is 5.75 Å². The van der Waals surface area contributed by atoms with Crippen LogP contribution in [0.4, 0.5) is 0 Å². The SMILES string of the molecule is NC(=O)CSc1nnc(Sc2ncnc3sc4c(c23)CCC4)s1. The Morgan fingerprint density at radius 3 is 2.96 bits per heavy atom. The molecule has 3 aromatic rings. The van der Waals surface area contributed by atoms with E-state index in [1.54, 1.807) is 17.7 Å². The van der Waals surface area contributed by atoms with E-state index in [2.05, 4.69) is 20.2 Å². The van der Waals surface area contributed by atoms with Crippen LogP contribution in [0.3, 0.4) is 0 Å². The summed E-state index contributed by atoms with van der Waals surface area (Å²) in [6.07, 6.45) is 5.07. The molecule has 23 heavy (non-hydrogen) atoms. The molecule has 0 aromatic carbocycles. The van der Waals surface area contributed by atoms with Gasteiger partial charge in [0.2, 0.25) is 5.91 Å². The van der Waals surface area contributed by atoms with Crippen LogP contribution in [0.1, 0.15) is 16.9 Å². The number of fused-ring (bicyclic) bond motifs is 3. The highest BCUT2D eigenvalue weighted by molar-refractivity contribution is 8.03. The van der Waals surface area contributed by atoms with Gasteiger partial charge in [0.25, 0.3) is 0 Å². The number of rotatable bonds is 5. The smallest absolute Gasteiger partial charge is 0.227 e. The molecule has 1 amide bonds. The van der Waals surface area contributed by atoms with Gasteiger partial charge in [0.15, 0.2) is 8.68 Å². The third-order valence-corrected chi connectivity index (χ3v) is 7.71. The van der Waals surface area contributed by atoms with Gasteiger partial charge in [-0.1, -0.05) is 23.1 Å². The van der Waals surface area contributed by atoms with Crippen molar-refractivity contribution < 1.29 is 4.79 Å². The summed E-state index contributed by atoms with van der Waals surface area (Å²) < 4.78 is 1.56. The van der Waals surface area contributed by atoms with E-state index < -0.39 is 0 Å². The van der Waals surface area contributed by atoms with Crippen molar-refractivity contribution in [3.8, 4) is 0 Å². The van der Waals surface area contributed by atoms with E-state index in [-0.39, 0.29) is 11.7 Å². The number of hydrogen-bond donors (Lipinski definition) is 1. The number of carbonyl (C=O) groups excluding carboxylic acids is 1. The fourth-order valence-corrected chi connectivity index (χ4v) is 6.58. The molecule has 3 heterocycles. The number of thiophene rings is 1. The van der Waals surface area contributed by atoms with E-state index >= 15 is 0 Å². The third kappa shape index (κ3) is 3.08. The zero-order valence-corrected chi connectivity index (χ0v) is 15.1. The summed E-state index contributed by atoms with van der Waals surface area (Å²) >= 11 is 6.05. The van der Waals surface area contributed by atoms with Crippen molar-refractivity contribution >= 4 is 62.3 Å². The standard InChI is InChI=1S/C13H11N5OS4/c14-8(19)4-20-12-17-18-13(23-12)22-11-9-6-2-1-3-7(6)21-10(9)15-5-16-11/h5H,1-4H2,(H2,14,19). The van der Waals surface area contributed by atoms with Crippen LogP contribution in [-0.2, 0) is 17.6 Å². The van der Waals surface area contributed by atoms with Crippen molar-refractivity contribution in [2.75, 3.05) is 5.75 Å². The van der Waals surface area contributed by atoms with Crippen molar-refractivity contribution in [1.29, 1.82) is 0 Å². The van der Waals surface area contributed by atoms with Crippen LogP contribution in [0.15, 0.2) is 20.0 Å². The summed E-state index contributed by atoms with van der Waals surface area (Å²) in [5.74, 6) is -0.138. The first kappa shape index (κ1) is 15.3. The molecule has 118 valence electrons. The molecule has 4 rings (SSSR count). The Labute approximate surface area is 148 Å². The Kier molecular flexibility index (Phi) is 4.22. The molecular formula is C13H11N5OS4. The zero-order valence-electron chi connectivity index (χ0n) is 11.8. The average Bonchev–Trinajstić information content (AvgIpc) is 3.20. The van der Waals surface area contributed by atoms with Gasteiger partial charge in [0.1, 0.15) is 16.2 Å². The summed E-state index contributed by atoms with van der Waals surface area (Å²) in [5, 5.41) is 10.4. The summed E-state index contributed by atoms with van der Waals surface area (Å²) in [7, 11) is 0. The molecule has 1 aliphatic rings. The van der Waals surface area contributed by atoms with Gasteiger partial charge in [0, 0.05) is 10.3 Å². The Morgan fingerprint density at radius 2 is 2.09 bits per heavy atom. The van der Waals surface area contributed by atoms with E-state index in [1.807, 2.05) is 0 Å². The number of carbonyl (C=O) groups is 1. The van der Waals surface area contributed by atoms with Crippen molar-refractivity contribution in [1.82, 2.24) is 20.2 Å². The van der Waals surface area contributed by atoms with Crippen LogP contribution < -0.4 is 5.73 Å². The maximum Gasteiger partial charge on any atom is 0.227 e. The molecule has 0 bridgehead atoms. The molecule has 6 nitrogen and oxygen atoms in total. The van der Waals surface area contributed by atoms with Crippen LogP contribution in [0.25, 0.3) is 10.2 Å². The van der Waals surface area contributed by atoms with Crippen LogP contribution in [0.5, 0.6) is 0 Å². The lowest BCUT2D eigenvalue weighted by atomic mass is 10.2. The second kappa shape index (κ2) is 6.34. The monoisotopic (exact) mass is 381 g/mol. The fourth-order valence-electron chi connectivity index (χ4n) is 2.49. The van der Waals surface area contributed by atoms with Gasteiger partial charge in [-0.15, -0.1) is 21.5 Å². The highest BCUT2D eigenvalue weighted by atomic mass is 32.2. The predicted octanol–water partition coefficient (Wildman–Crippen LogP) is 2.76. The number of amides is 1. The van der Waals surface area contributed by atoms with Crippen molar-refractivity contribution in [2.24, 2.45) is 5.73 Å². The molecule has 0 radical (unpaired) electrons. The number of nitrogens with two attached hydrogens (primary N) is 1. The quantitative estimate of drug-likeness (QED) is 0.536. The first-order chi connectivity index (χ1) is 11.2. The Morgan fingerprint density at radius 1 is 1.22 bits per heavy atom. The van der Waals surface area contributed by atoms with Gasteiger partial charge >= 0.3 is 0 Å². The molecule has 2 N–H and O–H groups in total. The molecule has 0 atom stereocenters. The van der Waals surface area contributed by atoms with Crippen LogP contribution in [0.2, 0.25) is 0 Å². The minimum atomic E-state index is -0.356. The van der Waals surface area contributed by atoms with Crippen molar-refractivity contribution in [2.45, 2.75) is 33.0 Å². The van der Waals surface area contributed by atoms with E-state index in [0.717, 1.165) is 31.4 Å². The predicted molar refractivity (Wildman–Crippen MR) is 93.4 cm³/mol.